The SMILES string of the molecule is CCOC(=O)C1=C(C)CC(C(=O)OCC)C1. The van der Waals surface area contributed by atoms with E-state index in [1.807, 2.05) is 6.92 Å². The highest BCUT2D eigenvalue weighted by molar-refractivity contribution is 5.91. The molecule has 0 N–H and O–H groups in total. The van der Waals surface area contributed by atoms with Crippen LogP contribution in [-0.2, 0) is 19.1 Å². The number of ether oxygens (including phenoxy) is 2. The fraction of sp³-hybridized carbons (Fsp3) is 0.667. The zero-order valence-corrected chi connectivity index (χ0v) is 10.0. The summed E-state index contributed by atoms with van der Waals surface area (Å²) in [4.78, 5) is 23.1. The van der Waals surface area contributed by atoms with Crippen LogP contribution in [0.4, 0.5) is 0 Å². The lowest BCUT2D eigenvalue weighted by Crippen LogP contribution is -2.16. The van der Waals surface area contributed by atoms with Crippen molar-refractivity contribution < 1.29 is 19.1 Å². The van der Waals surface area contributed by atoms with E-state index in [0.717, 1.165) is 5.57 Å². The summed E-state index contributed by atoms with van der Waals surface area (Å²) >= 11 is 0. The molecule has 0 saturated heterocycles. The summed E-state index contributed by atoms with van der Waals surface area (Å²) in [6, 6.07) is 0. The van der Waals surface area contributed by atoms with Crippen molar-refractivity contribution in [3.63, 3.8) is 0 Å². The standard InChI is InChI=1S/C12H18O4/c1-4-15-11(13)9-6-8(3)10(7-9)12(14)16-5-2/h9H,4-7H2,1-3H3. The number of carbonyl (C=O) groups is 2. The summed E-state index contributed by atoms with van der Waals surface area (Å²) in [5.41, 5.74) is 1.58. The third-order valence-corrected chi connectivity index (χ3v) is 2.66. The van der Waals surface area contributed by atoms with Gasteiger partial charge >= 0.3 is 11.9 Å². The molecule has 0 aliphatic heterocycles. The van der Waals surface area contributed by atoms with Gasteiger partial charge in [0, 0.05) is 5.57 Å². The van der Waals surface area contributed by atoms with E-state index in [0.29, 0.717) is 31.6 Å². The van der Waals surface area contributed by atoms with Crippen molar-refractivity contribution in [2.24, 2.45) is 5.92 Å². The van der Waals surface area contributed by atoms with Crippen LogP contribution in [0, 0.1) is 5.92 Å². The molecule has 1 rings (SSSR count). The van der Waals surface area contributed by atoms with Crippen LogP contribution in [0.25, 0.3) is 0 Å². The highest BCUT2D eigenvalue weighted by Gasteiger charge is 2.32. The Balaban J connectivity index is 2.60. The Hall–Kier alpha value is -1.32. The number of hydrogen-bond acceptors (Lipinski definition) is 4. The van der Waals surface area contributed by atoms with E-state index in [4.69, 9.17) is 9.47 Å². The van der Waals surface area contributed by atoms with Gasteiger partial charge in [-0.25, -0.2) is 4.79 Å². The van der Waals surface area contributed by atoms with Crippen LogP contribution in [0.15, 0.2) is 11.1 Å². The molecule has 1 unspecified atom stereocenters. The van der Waals surface area contributed by atoms with Gasteiger partial charge in [-0.1, -0.05) is 5.57 Å². The van der Waals surface area contributed by atoms with Crippen LogP contribution < -0.4 is 0 Å². The van der Waals surface area contributed by atoms with Gasteiger partial charge in [0.2, 0.25) is 0 Å². The summed E-state index contributed by atoms with van der Waals surface area (Å²) in [6.45, 7) is 6.15. The van der Waals surface area contributed by atoms with Gasteiger partial charge in [0.25, 0.3) is 0 Å². The van der Waals surface area contributed by atoms with Crippen molar-refractivity contribution >= 4 is 11.9 Å². The molecule has 0 heterocycles. The van der Waals surface area contributed by atoms with E-state index in [9.17, 15) is 9.59 Å². The second-order valence-electron chi connectivity index (χ2n) is 3.84. The van der Waals surface area contributed by atoms with Crippen molar-refractivity contribution in [3.8, 4) is 0 Å². The maximum atomic E-state index is 11.5. The Kier molecular flexibility index (Phi) is 4.52. The minimum absolute atomic E-state index is 0.209. The Morgan fingerprint density at radius 2 is 1.81 bits per heavy atom. The van der Waals surface area contributed by atoms with Gasteiger partial charge in [0.05, 0.1) is 19.1 Å². The van der Waals surface area contributed by atoms with Crippen molar-refractivity contribution in [3.05, 3.63) is 11.1 Å². The maximum absolute atomic E-state index is 11.5. The largest absolute Gasteiger partial charge is 0.466 e. The fourth-order valence-corrected chi connectivity index (χ4v) is 1.89. The van der Waals surface area contributed by atoms with Gasteiger partial charge < -0.3 is 9.47 Å². The zero-order valence-electron chi connectivity index (χ0n) is 10.0. The first-order valence-electron chi connectivity index (χ1n) is 5.62. The summed E-state index contributed by atoms with van der Waals surface area (Å²) in [5.74, 6) is -0.729. The molecule has 1 aliphatic carbocycles. The molecule has 0 aromatic carbocycles. The number of rotatable bonds is 4. The van der Waals surface area contributed by atoms with E-state index in [-0.39, 0.29) is 17.9 Å². The van der Waals surface area contributed by atoms with Gasteiger partial charge in [-0.05, 0) is 33.6 Å². The summed E-state index contributed by atoms with van der Waals surface area (Å²) < 4.78 is 9.88. The minimum atomic E-state index is -0.299. The van der Waals surface area contributed by atoms with Gasteiger partial charge in [0.1, 0.15) is 0 Å². The topological polar surface area (TPSA) is 52.6 Å². The van der Waals surface area contributed by atoms with Crippen LogP contribution in [0.3, 0.4) is 0 Å². The van der Waals surface area contributed by atoms with E-state index in [1.165, 1.54) is 0 Å². The highest BCUT2D eigenvalue weighted by Crippen LogP contribution is 2.32. The molecule has 0 fully saturated rings. The van der Waals surface area contributed by atoms with Crippen molar-refractivity contribution in [2.75, 3.05) is 13.2 Å². The molecule has 0 aromatic heterocycles. The maximum Gasteiger partial charge on any atom is 0.333 e. The summed E-state index contributed by atoms with van der Waals surface area (Å²) in [6.07, 6.45) is 1.05. The Morgan fingerprint density at radius 1 is 1.19 bits per heavy atom. The van der Waals surface area contributed by atoms with Gasteiger partial charge in [-0.3, -0.25) is 4.79 Å². The van der Waals surface area contributed by atoms with Gasteiger partial charge in [-0.2, -0.15) is 0 Å². The van der Waals surface area contributed by atoms with Gasteiger partial charge in [0.15, 0.2) is 0 Å². The van der Waals surface area contributed by atoms with Crippen LogP contribution >= 0.6 is 0 Å². The first kappa shape index (κ1) is 12.7. The molecular weight excluding hydrogens is 208 g/mol. The third-order valence-electron chi connectivity index (χ3n) is 2.66. The second kappa shape index (κ2) is 5.68. The molecule has 0 bridgehead atoms. The van der Waals surface area contributed by atoms with E-state index >= 15 is 0 Å². The molecule has 0 amide bonds. The molecule has 0 aromatic rings. The molecule has 1 aliphatic rings. The number of hydrogen-bond donors (Lipinski definition) is 0. The average Bonchev–Trinajstić information content (AvgIpc) is 2.61. The first-order valence-corrected chi connectivity index (χ1v) is 5.62. The third kappa shape index (κ3) is 2.84. The first-order chi connectivity index (χ1) is 7.60. The lowest BCUT2D eigenvalue weighted by Gasteiger charge is -2.08. The molecular formula is C12H18O4. The normalized spacial score (nSPS) is 19.8. The van der Waals surface area contributed by atoms with Crippen LogP contribution in [0.1, 0.15) is 33.6 Å². The molecule has 1 atom stereocenters. The lowest BCUT2D eigenvalue weighted by molar-refractivity contribution is -0.147. The van der Waals surface area contributed by atoms with Crippen LogP contribution in [-0.4, -0.2) is 25.2 Å². The van der Waals surface area contributed by atoms with Crippen LogP contribution in [0.2, 0.25) is 0 Å². The molecule has 4 nitrogen and oxygen atoms in total. The Morgan fingerprint density at radius 3 is 2.38 bits per heavy atom. The van der Waals surface area contributed by atoms with Crippen molar-refractivity contribution in [1.82, 2.24) is 0 Å². The highest BCUT2D eigenvalue weighted by atomic mass is 16.5. The Labute approximate surface area is 95.6 Å². The molecule has 90 valence electrons. The predicted molar refractivity (Wildman–Crippen MR) is 58.7 cm³/mol. The number of esters is 2. The van der Waals surface area contributed by atoms with Gasteiger partial charge in [-0.15, -0.1) is 0 Å². The predicted octanol–water partition coefficient (Wildman–Crippen LogP) is 1.84. The van der Waals surface area contributed by atoms with E-state index in [2.05, 4.69) is 0 Å². The lowest BCUT2D eigenvalue weighted by atomic mass is 10.1. The minimum Gasteiger partial charge on any atom is -0.466 e. The monoisotopic (exact) mass is 226 g/mol. The van der Waals surface area contributed by atoms with Crippen molar-refractivity contribution in [1.29, 1.82) is 0 Å². The van der Waals surface area contributed by atoms with Crippen molar-refractivity contribution in [2.45, 2.75) is 33.6 Å². The molecule has 0 saturated carbocycles. The van der Waals surface area contributed by atoms with E-state index in [1.54, 1.807) is 13.8 Å². The average molecular weight is 226 g/mol. The van der Waals surface area contributed by atoms with E-state index < -0.39 is 0 Å². The fourth-order valence-electron chi connectivity index (χ4n) is 1.89. The molecule has 0 radical (unpaired) electrons. The zero-order chi connectivity index (χ0) is 12.1. The van der Waals surface area contributed by atoms with Crippen LogP contribution in [0.5, 0.6) is 0 Å². The second-order valence-corrected chi connectivity index (χ2v) is 3.84. The summed E-state index contributed by atoms with van der Waals surface area (Å²) in [7, 11) is 0. The number of carbonyl (C=O) groups excluding carboxylic acids is 2. The Bertz CT molecular complexity index is 317. The summed E-state index contributed by atoms with van der Waals surface area (Å²) in [5, 5.41) is 0. The molecule has 16 heavy (non-hydrogen) atoms. The smallest absolute Gasteiger partial charge is 0.333 e. The quantitative estimate of drug-likeness (QED) is 0.686. The molecule has 0 spiro atoms. The molecule has 4 heteroatoms. The number of allylic oxidation sites excluding steroid dienone is 1.